The molecule has 8 unspecified atom stereocenters. The summed E-state index contributed by atoms with van der Waals surface area (Å²) in [5, 5.41) is 9.54. The number of hydrogen-bond acceptors (Lipinski definition) is 3. The predicted octanol–water partition coefficient (Wildman–Crippen LogP) is 10.1. The van der Waals surface area contributed by atoms with Gasteiger partial charge in [-0.3, -0.25) is 0 Å². The largest absolute Gasteiger partial charge is 0.508 e. The summed E-state index contributed by atoms with van der Waals surface area (Å²) in [5.41, 5.74) is 4.43. The number of phenols is 1. The quantitative estimate of drug-likeness (QED) is 0.223. The Morgan fingerprint density at radius 1 is 0.857 bits per heavy atom. The molecule has 230 valence electrons. The first-order valence-corrected chi connectivity index (χ1v) is 16.9. The van der Waals surface area contributed by atoms with Gasteiger partial charge in [-0.2, -0.15) is 0 Å². The van der Waals surface area contributed by atoms with Crippen molar-refractivity contribution in [2.75, 3.05) is 0 Å². The van der Waals surface area contributed by atoms with E-state index in [0.29, 0.717) is 28.1 Å². The van der Waals surface area contributed by atoms with E-state index in [-0.39, 0.29) is 34.1 Å². The highest BCUT2D eigenvalue weighted by Crippen LogP contribution is 2.75. The molecule has 4 fully saturated rings. The summed E-state index contributed by atoms with van der Waals surface area (Å²) >= 11 is 0. The lowest BCUT2D eigenvalue weighted by Gasteiger charge is -2.71. The average Bonchev–Trinajstić information content (AvgIpc) is 2.91. The molecule has 3 heteroatoms. The Bertz CT molecular complexity index is 1280. The second-order valence-electron chi connectivity index (χ2n) is 17.6. The van der Waals surface area contributed by atoms with Gasteiger partial charge in [-0.25, -0.2) is 4.79 Å². The van der Waals surface area contributed by atoms with Gasteiger partial charge >= 0.3 is 5.97 Å². The zero-order chi connectivity index (χ0) is 30.3. The van der Waals surface area contributed by atoms with Crippen LogP contribution in [0.25, 0.3) is 6.08 Å². The van der Waals surface area contributed by atoms with Crippen molar-refractivity contribution in [1.82, 2.24) is 0 Å². The molecule has 1 aromatic rings. The summed E-state index contributed by atoms with van der Waals surface area (Å²) in [7, 11) is 0. The molecule has 5 aliphatic carbocycles. The average molecular weight is 573 g/mol. The number of hydrogen-bond donors (Lipinski definition) is 1. The Hall–Kier alpha value is -2.03. The monoisotopic (exact) mass is 572 g/mol. The van der Waals surface area contributed by atoms with Crippen LogP contribution in [0.15, 0.2) is 42.0 Å². The van der Waals surface area contributed by atoms with Crippen molar-refractivity contribution in [2.45, 2.75) is 126 Å². The van der Waals surface area contributed by atoms with E-state index in [1.807, 2.05) is 5.57 Å². The minimum absolute atomic E-state index is 0.0676. The molecule has 0 saturated heterocycles. The fourth-order valence-corrected chi connectivity index (χ4v) is 11.6. The van der Waals surface area contributed by atoms with Crippen LogP contribution in [0.5, 0.6) is 5.75 Å². The Morgan fingerprint density at radius 2 is 1.55 bits per heavy atom. The molecule has 0 amide bonds. The van der Waals surface area contributed by atoms with E-state index in [1.54, 1.807) is 36.4 Å². The minimum Gasteiger partial charge on any atom is -0.508 e. The van der Waals surface area contributed by atoms with Crippen LogP contribution in [-0.2, 0) is 9.53 Å². The van der Waals surface area contributed by atoms with Gasteiger partial charge in [-0.05, 0) is 133 Å². The number of fused-ring (bicyclic) bond motifs is 7. The normalized spacial score (nSPS) is 43.8. The maximum atomic E-state index is 13.0. The van der Waals surface area contributed by atoms with Crippen molar-refractivity contribution in [3.05, 3.63) is 47.6 Å². The van der Waals surface area contributed by atoms with Crippen LogP contribution in [0.2, 0.25) is 0 Å². The Kier molecular flexibility index (Phi) is 6.96. The van der Waals surface area contributed by atoms with Gasteiger partial charge in [0, 0.05) is 11.5 Å². The number of benzene rings is 1. The number of allylic oxidation sites excluding steroid dienone is 2. The van der Waals surface area contributed by atoms with Crippen LogP contribution in [0.1, 0.15) is 125 Å². The molecule has 0 heterocycles. The Labute approximate surface area is 255 Å². The minimum atomic E-state index is -0.260. The van der Waals surface area contributed by atoms with E-state index in [1.165, 1.54) is 51.4 Å². The predicted molar refractivity (Wildman–Crippen MR) is 172 cm³/mol. The molecule has 1 aromatic carbocycles. The molecule has 1 N–H and O–H groups in total. The van der Waals surface area contributed by atoms with Gasteiger partial charge < -0.3 is 9.84 Å². The lowest BCUT2D eigenvalue weighted by molar-refractivity contribution is -0.210. The molecule has 3 nitrogen and oxygen atoms in total. The maximum Gasteiger partial charge on any atom is 0.331 e. The van der Waals surface area contributed by atoms with Crippen LogP contribution in [0.3, 0.4) is 0 Å². The van der Waals surface area contributed by atoms with Gasteiger partial charge in [-0.15, -0.1) is 0 Å². The van der Waals surface area contributed by atoms with Crippen molar-refractivity contribution >= 4 is 12.0 Å². The number of aromatic hydroxyl groups is 1. The first-order valence-electron chi connectivity index (χ1n) is 16.9. The maximum absolute atomic E-state index is 13.0. The molecular formula is C39H56O3. The zero-order valence-electron chi connectivity index (χ0n) is 27.7. The van der Waals surface area contributed by atoms with Crippen LogP contribution >= 0.6 is 0 Å². The fraction of sp³-hybridized carbons (Fsp3) is 0.718. The van der Waals surface area contributed by atoms with Crippen molar-refractivity contribution in [2.24, 2.45) is 50.2 Å². The molecule has 0 aromatic heterocycles. The fourth-order valence-electron chi connectivity index (χ4n) is 11.6. The molecule has 6 rings (SSSR count). The number of ether oxygens (including phenoxy) is 1. The second-order valence-corrected chi connectivity index (χ2v) is 17.6. The molecule has 5 aliphatic rings. The molecule has 0 bridgehead atoms. The summed E-state index contributed by atoms with van der Waals surface area (Å²) in [5.74, 6) is 1.91. The first-order chi connectivity index (χ1) is 19.5. The number of carbonyl (C=O) groups excluding carboxylic acids is 1. The molecule has 0 spiro atoms. The van der Waals surface area contributed by atoms with E-state index in [9.17, 15) is 9.90 Å². The Morgan fingerprint density at radius 3 is 2.26 bits per heavy atom. The molecule has 0 aliphatic heterocycles. The summed E-state index contributed by atoms with van der Waals surface area (Å²) < 4.78 is 6.22. The lowest BCUT2D eigenvalue weighted by Crippen LogP contribution is -2.64. The molecule has 4 saturated carbocycles. The number of phenolic OH excluding ortho intramolecular Hbond substituents is 1. The zero-order valence-corrected chi connectivity index (χ0v) is 27.7. The third-order valence-corrected chi connectivity index (χ3v) is 14.6. The van der Waals surface area contributed by atoms with Gasteiger partial charge in [0.2, 0.25) is 0 Å². The summed E-state index contributed by atoms with van der Waals surface area (Å²) in [4.78, 5) is 13.0. The van der Waals surface area contributed by atoms with Gasteiger partial charge in [0.1, 0.15) is 11.9 Å². The second kappa shape index (κ2) is 9.73. The highest BCUT2D eigenvalue weighted by Gasteiger charge is 2.68. The molecular weight excluding hydrogens is 516 g/mol. The first kappa shape index (κ1) is 30.0. The van der Waals surface area contributed by atoms with Gasteiger partial charge in [0.25, 0.3) is 0 Å². The Balaban J connectivity index is 1.24. The third kappa shape index (κ3) is 4.45. The standard InChI is InChI=1S/C39H56O3/c1-34(2)21-22-36(5)23-24-38(7)28(29(36)25-34)14-15-31-37(6)19-18-32(35(3,4)30(37)17-20-39(31,38)8)42-33(41)16-11-26-9-12-27(40)13-10-26/h9-14,16,29-32,40H,15,17-25H2,1-8H3. The summed E-state index contributed by atoms with van der Waals surface area (Å²) in [6, 6.07) is 6.89. The van der Waals surface area contributed by atoms with Crippen molar-refractivity contribution in [1.29, 1.82) is 0 Å². The van der Waals surface area contributed by atoms with E-state index in [2.05, 4.69) is 61.5 Å². The molecule has 8 atom stereocenters. The van der Waals surface area contributed by atoms with Crippen LogP contribution in [0.4, 0.5) is 0 Å². The van der Waals surface area contributed by atoms with E-state index in [4.69, 9.17) is 4.74 Å². The van der Waals surface area contributed by atoms with Crippen LogP contribution < -0.4 is 0 Å². The van der Waals surface area contributed by atoms with E-state index in [0.717, 1.165) is 24.3 Å². The smallest absolute Gasteiger partial charge is 0.331 e. The number of esters is 1. The number of carbonyl (C=O) groups is 1. The van der Waals surface area contributed by atoms with Crippen molar-refractivity contribution in [3.63, 3.8) is 0 Å². The highest BCUT2D eigenvalue weighted by atomic mass is 16.5. The van der Waals surface area contributed by atoms with Gasteiger partial charge in [-0.1, -0.05) is 79.2 Å². The van der Waals surface area contributed by atoms with E-state index < -0.39 is 0 Å². The lowest BCUT2D eigenvalue weighted by atomic mass is 9.33. The summed E-state index contributed by atoms with van der Waals surface area (Å²) in [6.07, 6.45) is 18.7. The highest BCUT2D eigenvalue weighted by molar-refractivity contribution is 5.87. The SMILES string of the molecule is CC1(C)CCC2(C)CCC3(C)C(=CCC4C5(C)CCC(OC(=O)C=Cc6ccc(O)cc6)C(C)(C)C5CCC43C)C2C1. The number of rotatable bonds is 3. The summed E-state index contributed by atoms with van der Waals surface area (Å²) in [6.45, 7) is 20.4. The van der Waals surface area contributed by atoms with Crippen LogP contribution in [0, 0.1) is 50.2 Å². The van der Waals surface area contributed by atoms with E-state index >= 15 is 0 Å². The molecule has 0 radical (unpaired) electrons. The third-order valence-electron chi connectivity index (χ3n) is 14.6. The van der Waals surface area contributed by atoms with Gasteiger partial charge in [0.05, 0.1) is 0 Å². The van der Waals surface area contributed by atoms with Gasteiger partial charge in [0.15, 0.2) is 0 Å². The van der Waals surface area contributed by atoms with Crippen molar-refractivity contribution < 1.29 is 14.6 Å². The van der Waals surface area contributed by atoms with Crippen LogP contribution in [-0.4, -0.2) is 17.2 Å². The van der Waals surface area contributed by atoms with Crippen molar-refractivity contribution in [3.8, 4) is 5.75 Å². The molecule has 42 heavy (non-hydrogen) atoms. The topological polar surface area (TPSA) is 46.5 Å².